The van der Waals surface area contributed by atoms with Gasteiger partial charge < -0.3 is 15.4 Å². The first-order chi connectivity index (χ1) is 11.6. The van der Waals surface area contributed by atoms with E-state index in [0.717, 1.165) is 17.7 Å². The molecule has 3 rings (SSSR count). The Morgan fingerprint density at radius 1 is 1.28 bits per heavy atom. The summed E-state index contributed by atoms with van der Waals surface area (Å²) in [6, 6.07) is 13.1. The van der Waals surface area contributed by atoms with Gasteiger partial charge in [0, 0.05) is 6.54 Å². The van der Waals surface area contributed by atoms with Gasteiger partial charge in [0.15, 0.2) is 0 Å². The normalized spacial score (nSPS) is 14.2. The Morgan fingerprint density at radius 2 is 2.04 bits per heavy atom. The minimum absolute atomic E-state index is 0. The second-order valence-electron chi connectivity index (χ2n) is 5.92. The van der Waals surface area contributed by atoms with Crippen LogP contribution in [0.3, 0.4) is 0 Å². The zero-order chi connectivity index (χ0) is 16.9. The lowest BCUT2D eigenvalue weighted by Gasteiger charge is -2.20. The van der Waals surface area contributed by atoms with Crippen LogP contribution in [0.2, 0.25) is 0 Å². The van der Waals surface area contributed by atoms with Gasteiger partial charge in [-0.05, 0) is 42.6 Å². The third-order valence-electron chi connectivity index (χ3n) is 4.18. The van der Waals surface area contributed by atoms with Crippen molar-refractivity contribution in [3.63, 3.8) is 0 Å². The molecule has 1 atom stereocenters. The smallest absolute Gasteiger partial charge is 0.253 e. The summed E-state index contributed by atoms with van der Waals surface area (Å²) in [6.07, 6.45) is -0.0346. The van der Waals surface area contributed by atoms with Crippen LogP contribution in [0.15, 0.2) is 42.5 Å². The van der Waals surface area contributed by atoms with Crippen molar-refractivity contribution in [2.24, 2.45) is 0 Å². The number of ether oxygens (including phenoxy) is 1. The first-order valence-electron chi connectivity index (χ1n) is 8.12. The molecule has 6 heteroatoms. The van der Waals surface area contributed by atoms with Gasteiger partial charge in [-0.1, -0.05) is 36.4 Å². The van der Waals surface area contributed by atoms with E-state index in [9.17, 15) is 9.18 Å². The highest BCUT2D eigenvalue weighted by molar-refractivity contribution is 5.94. The van der Waals surface area contributed by atoms with E-state index in [4.69, 9.17) is 4.74 Å². The number of benzene rings is 2. The predicted octanol–water partition coefficient (Wildman–Crippen LogP) is 3.44. The Kier molecular flexibility index (Phi) is 6.93. The molecule has 25 heavy (non-hydrogen) atoms. The predicted molar refractivity (Wildman–Crippen MR) is 98.4 cm³/mol. The Hall–Kier alpha value is -1.95. The van der Waals surface area contributed by atoms with E-state index in [-0.39, 0.29) is 29.8 Å². The van der Waals surface area contributed by atoms with Crippen molar-refractivity contribution in [1.29, 1.82) is 0 Å². The van der Waals surface area contributed by atoms with Gasteiger partial charge in [-0.25, -0.2) is 4.39 Å². The number of hydrogen-bond acceptors (Lipinski definition) is 3. The second kappa shape index (κ2) is 8.94. The van der Waals surface area contributed by atoms with Gasteiger partial charge >= 0.3 is 0 Å². The molecule has 0 fully saturated rings. The van der Waals surface area contributed by atoms with E-state index >= 15 is 0 Å². The fraction of sp³-hybridized carbons (Fsp3) is 0.316. The average Bonchev–Trinajstić information content (AvgIpc) is 2.63. The van der Waals surface area contributed by atoms with Gasteiger partial charge in [0.2, 0.25) is 0 Å². The molecule has 2 aromatic rings. The van der Waals surface area contributed by atoms with Gasteiger partial charge in [0.25, 0.3) is 5.91 Å². The van der Waals surface area contributed by atoms with Crippen LogP contribution in [-0.2, 0) is 29.1 Å². The highest BCUT2D eigenvalue weighted by Crippen LogP contribution is 2.24. The van der Waals surface area contributed by atoms with Crippen LogP contribution < -0.4 is 10.6 Å². The minimum atomic E-state index is -0.665. The number of carbonyl (C=O) groups is 1. The molecule has 0 aromatic heterocycles. The topological polar surface area (TPSA) is 50.4 Å². The Morgan fingerprint density at radius 3 is 2.80 bits per heavy atom. The molecule has 134 valence electrons. The average molecular weight is 365 g/mol. The lowest BCUT2D eigenvalue weighted by molar-refractivity contribution is -0.127. The lowest BCUT2D eigenvalue weighted by Crippen LogP contribution is -2.29. The molecule has 2 aromatic carbocycles. The SMILES string of the molecule is CC(OCc1ccccc1)C(=O)Nc1ccc2c(c1F)CCNC2.Cl. The standard InChI is InChI=1S/C19H21FN2O2.ClH/c1-13(24-12-14-5-3-2-4-6-14)19(23)22-17-8-7-15-11-21-10-9-16(15)18(17)20;/h2-8,13,21H,9-12H2,1H3,(H,22,23);1H. The van der Waals surface area contributed by atoms with E-state index in [0.29, 0.717) is 25.1 Å². The quantitative estimate of drug-likeness (QED) is 0.854. The van der Waals surface area contributed by atoms with Crippen LogP contribution >= 0.6 is 12.4 Å². The summed E-state index contributed by atoms with van der Waals surface area (Å²) in [5, 5.41) is 5.84. The number of anilines is 1. The summed E-state index contributed by atoms with van der Waals surface area (Å²) in [5.74, 6) is -0.684. The van der Waals surface area contributed by atoms with Crippen molar-refractivity contribution in [2.45, 2.75) is 32.6 Å². The Balaban J connectivity index is 0.00000225. The summed E-state index contributed by atoms with van der Waals surface area (Å²) in [7, 11) is 0. The van der Waals surface area contributed by atoms with E-state index in [2.05, 4.69) is 10.6 Å². The second-order valence-corrected chi connectivity index (χ2v) is 5.92. The monoisotopic (exact) mass is 364 g/mol. The molecule has 0 radical (unpaired) electrons. The number of amides is 1. The van der Waals surface area contributed by atoms with E-state index in [1.807, 2.05) is 36.4 Å². The van der Waals surface area contributed by atoms with Crippen molar-refractivity contribution in [3.8, 4) is 0 Å². The van der Waals surface area contributed by atoms with Gasteiger partial charge in [-0.15, -0.1) is 12.4 Å². The maximum absolute atomic E-state index is 14.5. The first-order valence-corrected chi connectivity index (χ1v) is 8.12. The third kappa shape index (κ3) is 4.78. The molecule has 1 amide bonds. The number of nitrogens with one attached hydrogen (secondary N) is 2. The Bertz CT molecular complexity index is 725. The first kappa shape index (κ1) is 19.4. The van der Waals surface area contributed by atoms with E-state index in [1.54, 1.807) is 13.0 Å². The summed E-state index contributed by atoms with van der Waals surface area (Å²) in [4.78, 5) is 12.2. The van der Waals surface area contributed by atoms with Crippen molar-refractivity contribution in [3.05, 3.63) is 65.0 Å². The van der Waals surface area contributed by atoms with Gasteiger partial charge in [0.1, 0.15) is 11.9 Å². The molecule has 0 aliphatic carbocycles. The summed E-state index contributed by atoms with van der Waals surface area (Å²) in [5.41, 5.74) is 2.84. The maximum Gasteiger partial charge on any atom is 0.253 e. The summed E-state index contributed by atoms with van der Waals surface area (Å²) >= 11 is 0. The molecule has 1 aliphatic heterocycles. The summed E-state index contributed by atoms with van der Waals surface area (Å²) in [6.45, 7) is 3.42. The number of hydrogen-bond donors (Lipinski definition) is 2. The van der Waals surface area contributed by atoms with Crippen molar-refractivity contribution in [1.82, 2.24) is 5.32 Å². The Labute approximate surface area is 153 Å². The van der Waals surface area contributed by atoms with E-state index < -0.39 is 6.10 Å². The molecule has 0 saturated heterocycles. The minimum Gasteiger partial charge on any atom is -0.364 e. The molecular formula is C19H22ClFN2O2. The highest BCUT2D eigenvalue weighted by Gasteiger charge is 2.20. The zero-order valence-electron chi connectivity index (χ0n) is 14.0. The van der Waals surface area contributed by atoms with Gasteiger partial charge in [0.05, 0.1) is 12.3 Å². The fourth-order valence-electron chi connectivity index (χ4n) is 2.74. The van der Waals surface area contributed by atoms with Crippen molar-refractivity contribution in [2.75, 3.05) is 11.9 Å². The molecule has 1 unspecified atom stereocenters. The van der Waals surface area contributed by atoms with E-state index in [1.165, 1.54) is 0 Å². The molecule has 1 heterocycles. The van der Waals surface area contributed by atoms with Crippen LogP contribution in [0.4, 0.5) is 10.1 Å². The number of halogens is 2. The van der Waals surface area contributed by atoms with Crippen LogP contribution in [-0.4, -0.2) is 18.6 Å². The molecule has 0 spiro atoms. The molecule has 1 aliphatic rings. The largest absolute Gasteiger partial charge is 0.364 e. The number of rotatable bonds is 5. The summed E-state index contributed by atoms with van der Waals surface area (Å²) < 4.78 is 20.1. The van der Waals surface area contributed by atoms with Crippen LogP contribution in [0.5, 0.6) is 0 Å². The van der Waals surface area contributed by atoms with Crippen LogP contribution in [0.1, 0.15) is 23.6 Å². The fourth-order valence-corrected chi connectivity index (χ4v) is 2.74. The van der Waals surface area contributed by atoms with Crippen LogP contribution in [0, 0.1) is 5.82 Å². The molecule has 0 bridgehead atoms. The van der Waals surface area contributed by atoms with Crippen LogP contribution in [0.25, 0.3) is 0 Å². The lowest BCUT2D eigenvalue weighted by atomic mass is 9.99. The zero-order valence-corrected chi connectivity index (χ0v) is 14.9. The molecule has 4 nitrogen and oxygen atoms in total. The highest BCUT2D eigenvalue weighted by atomic mass is 35.5. The molecule has 2 N–H and O–H groups in total. The third-order valence-corrected chi connectivity index (χ3v) is 4.18. The van der Waals surface area contributed by atoms with Crippen molar-refractivity contribution < 1.29 is 13.9 Å². The van der Waals surface area contributed by atoms with Crippen molar-refractivity contribution >= 4 is 24.0 Å². The number of fused-ring (bicyclic) bond motifs is 1. The maximum atomic E-state index is 14.5. The van der Waals surface area contributed by atoms with Gasteiger partial charge in [-0.2, -0.15) is 0 Å². The van der Waals surface area contributed by atoms with Gasteiger partial charge in [-0.3, -0.25) is 4.79 Å². The molecule has 0 saturated carbocycles. The number of carbonyl (C=O) groups excluding carboxylic acids is 1. The molecular weight excluding hydrogens is 343 g/mol.